The van der Waals surface area contributed by atoms with Crippen molar-refractivity contribution in [2.45, 2.75) is 13.5 Å². The van der Waals surface area contributed by atoms with Crippen LogP contribution in [0.5, 0.6) is 0 Å². The number of nitrogens with zero attached hydrogens (tertiary/aromatic N) is 1. The van der Waals surface area contributed by atoms with Crippen molar-refractivity contribution in [2.75, 3.05) is 25.1 Å². The number of hydrogen-bond donors (Lipinski definition) is 2. The minimum atomic E-state index is -2.99. The predicted octanol–water partition coefficient (Wildman–Crippen LogP) is 1.54. The van der Waals surface area contributed by atoms with E-state index in [2.05, 4.69) is 15.6 Å². The fourth-order valence-corrected chi connectivity index (χ4v) is 1.93. The molecule has 1 rings (SSSR count). The Balaban J connectivity index is 0.00000400. The van der Waals surface area contributed by atoms with Crippen LogP contribution in [0.4, 0.5) is 4.39 Å². The summed E-state index contributed by atoms with van der Waals surface area (Å²) >= 11 is 0. The molecule has 5 nitrogen and oxygen atoms in total. The van der Waals surface area contributed by atoms with Crippen molar-refractivity contribution in [3.63, 3.8) is 0 Å². The summed E-state index contributed by atoms with van der Waals surface area (Å²) in [6, 6.07) is 6.10. The molecule has 0 atom stereocenters. The van der Waals surface area contributed by atoms with Crippen molar-refractivity contribution in [3.8, 4) is 0 Å². The molecule has 0 heterocycles. The zero-order valence-electron chi connectivity index (χ0n) is 12.1. The molecular weight excluding hydrogens is 408 g/mol. The van der Waals surface area contributed by atoms with Gasteiger partial charge in [0.2, 0.25) is 0 Å². The van der Waals surface area contributed by atoms with E-state index in [-0.39, 0.29) is 35.5 Å². The SMILES string of the molecule is CCNC(=NCc1ccc(F)cc1)NCCS(C)(=O)=O.I. The van der Waals surface area contributed by atoms with Gasteiger partial charge >= 0.3 is 0 Å². The van der Waals surface area contributed by atoms with E-state index in [0.29, 0.717) is 25.6 Å². The van der Waals surface area contributed by atoms with Gasteiger partial charge in [-0.15, -0.1) is 24.0 Å². The summed E-state index contributed by atoms with van der Waals surface area (Å²) in [6.07, 6.45) is 1.19. The summed E-state index contributed by atoms with van der Waals surface area (Å²) in [5.74, 6) is 0.310. The maximum atomic E-state index is 12.8. The molecular formula is C13H21FIN3O2S. The Morgan fingerprint density at radius 3 is 2.38 bits per heavy atom. The zero-order valence-corrected chi connectivity index (χ0v) is 15.2. The Bertz CT molecular complexity index is 547. The Hall–Kier alpha value is -0.900. The minimum absolute atomic E-state index is 0. The van der Waals surface area contributed by atoms with Gasteiger partial charge in [-0.25, -0.2) is 17.8 Å². The van der Waals surface area contributed by atoms with E-state index in [1.54, 1.807) is 12.1 Å². The van der Waals surface area contributed by atoms with Crippen LogP contribution >= 0.6 is 24.0 Å². The second kappa shape index (κ2) is 9.93. The summed E-state index contributed by atoms with van der Waals surface area (Å²) in [7, 11) is -2.99. The first-order valence-corrected chi connectivity index (χ1v) is 8.41. The highest BCUT2D eigenvalue weighted by molar-refractivity contribution is 14.0. The van der Waals surface area contributed by atoms with Crippen LogP contribution in [0.15, 0.2) is 29.3 Å². The molecule has 0 saturated carbocycles. The molecule has 2 N–H and O–H groups in total. The van der Waals surface area contributed by atoms with Gasteiger partial charge in [0.1, 0.15) is 15.7 Å². The molecule has 1 aromatic rings. The number of nitrogens with one attached hydrogen (secondary N) is 2. The lowest BCUT2D eigenvalue weighted by Gasteiger charge is -2.10. The number of hydrogen-bond acceptors (Lipinski definition) is 3. The molecule has 0 spiro atoms. The summed E-state index contributed by atoms with van der Waals surface area (Å²) in [4.78, 5) is 4.31. The zero-order chi connectivity index (χ0) is 15.0. The minimum Gasteiger partial charge on any atom is -0.357 e. The second-order valence-electron chi connectivity index (χ2n) is 4.38. The Morgan fingerprint density at radius 2 is 1.86 bits per heavy atom. The normalized spacial score (nSPS) is 11.7. The third-order valence-electron chi connectivity index (χ3n) is 2.44. The van der Waals surface area contributed by atoms with Crippen LogP contribution < -0.4 is 10.6 Å². The summed E-state index contributed by atoms with van der Waals surface area (Å²) in [5, 5.41) is 5.96. The van der Waals surface area contributed by atoms with Gasteiger partial charge in [0.25, 0.3) is 0 Å². The molecule has 1 aromatic carbocycles. The quantitative estimate of drug-likeness (QED) is 0.409. The lowest BCUT2D eigenvalue weighted by Crippen LogP contribution is -2.39. The number of rotatable bonds is 6. The van der Waals surface area contributed by atoms with E-state index in [9.17, 15) is 12.8 Å². The van der Waals surface area contributed by atoms with Gasteiger partial charge in [-0.3, -0.25) is 0 Å². The number of guanidine groups is 1. The third-order valence-corrected chi connectivity index (χ3v) is 3.39. The van der Waals surface area contributed by atoms with Gasteiger partial charge in [-0.2, -0.15) is 0 Å². The Labute approximate surface area is 142 Å². The van der Waals surface area contributed by atoms with E-state index in [0.717, 1.165) is 5.56 Å². The van der Waals surface area contributed by atoms with Crippen molar-refractivity contribution in [2.24, 2.45) is 4.99 Å². The van der Waals surface area contributed by atoms with E-state index in [1.807, 2.05) is 6.92 Å². The Kier molecular flexibility index (Phi) is 9.51. The summed E-state index contributed by atoms with van der Waals surface area (Å²) in [5.41, 5.74) is 0.881. The maximum Gasteiger partial charge on any atom is 0.191 e. The second-order valence-corrected chi connectivity index (χ2v) is 6.64. The molecule has 120 valence electrons. The van der Waals surface area contributed by atoms with Crippen LogP contribution in [0.1, 0.15) is 12.5 Å². The third kappa shape index (κ3) is 9.62. The standard InChI is InChI=1S/C13H20FN3O2S.HI/c1-3-15-13(16-8-9-20(2,18)19)17-10-11-4-6-12(14)7-5-11;/h4-7H,3,8-10H2,1-2H3,(H2,15,16,17);1H. The lowest BCUT2D eigenvalue weighted by atomic mass is 10.2. The van der Waals surface area contributed by atoms with Crippen LogP contribution in [0.3, 0.4) is 0 Å². The van der Waals surface area contributed by atoms with Crippen molar-refractivity contribution >= 4 is 39.8 Å². The average molecular weight is 429 g/mol. The van der Waals surface area contributed by atoms with Crippen molar-refractivity contribution < 1.29 is 12.8 Å². The summed E-state index contributed by atoms with van der Waals surface area (Å²) in [6.45, 7) is 3.29. The van der Waals surface area contributed by atoms with Crippen LogP contribution in [-0.2, 0) is 16.4 Å². The van der Waals surface area contributed by atoms with E-state index in [1.165, 1.54) is 18.4 Å². The number of aliphatic imine (C=N–C) groups is 1. The summed E-state index contributed by atoms with van der Waals surface area (Å²) < 4.78 is 34.9. The van der Waals surface area contributed by atoms with Gasteiger partial charge < -0.3 is 10.6 Å². The number of sulfone groups is 1. The molecule has 0 aliphatic rings. The van der Waals surface area contributed by atoms with Gasteiger partial charge in [-0.1, -0.05) is 12.1 Å². The van der Waals surface area contributed by atoms with E-state index >= 15 is 0 Å². The first-order valence-electron chi connectivity index (χ1n) is 6.35. The molecule has 0 bridgehead atoms. The van der Waals surface area contributed by atoms with Gasteiger partial charge in [0.15, 0.2) is 5.96 Å². The smallest absolute Gasteiger partial charge is 0.191 e. The first kappa shape index (κ1) is 20.1. The van der Waals surface area contributed by atoms with Crippen molar-refractivity contribution in [3.05, 3.63) is 35.6 Å². The molecule has 0 aromatic heterocycles. The van der Waals surface area contributed by atoms with Gasteiger partial charge in [0.05, 0.1) is 12.3 Å². The van der Waals surface area contributed by atoms with Crippen LogP contribution in [0.2, 0.25) is 0 Å². The molecule has 0 aliphatic carbocycles. The lowest BCUT2D eigenvalue weighted by molar-refractivity contribution is 0.600. The molecule has 8 heteroatoms. The van der Waals surface area contributed by atoms with Gasteiger partial charge in [-0.05, 0) is 24.6 Å². The highest BCUT2D eigenvalue weighted by Gasteiger charge is 2.03. The average Bonchev–Trinajstić information content (AvgIpc) is 2.36. The highest BCUT2D eigenvalue weighted by Crippen LogP contribution is 2.03. The molecule has 0 radical (unpaired) electrons. The molecule has 21 heavy (non-hydrogen) atoms. The molecule has 0 saturated heterocycles. The molecule has 0 amide bonds. The Morgan fingerprint density at radius 1 is 1.24 bits per heavy atom. The van der Waals surface area contributed by atoms with Gasteiger partial charge in [0, 0.05) is 19.3 Å². The van der Waals surface area contributed by atoms with Crippen molar-refractivity contribution in [1.29, 1.82) is 0 Å². The van der Waals surface area contributed by atoms with Crippen molar-refractivity contribution in [1.82, 2.24) is 10.6 Å². The molecule has 0 unspecified atom stereocenters. The van der Waals surface area contributed by atoms with E-state index < -0.39 is 9.84 Å². The van der Waals surface area contributed by atoms with Crippen LogP contribution in [-0.4, -0.2) is 39.5 Å². The fourth-order valence-electron chi connectivity index (χ4n) is 1.46. The maximum absolute atomic E-state index is 12.8. The number of benzene rings is 1. The monoisotopic (exact) mass is 429 g/mol. The van der Waals surface area contributed by atoms with Crippen LogP contribution in [0, 0.1) is 5.82 Å². The fraction of sp³-hybridized carbons (Fsp3) is 0.462. The topological polar surface area (TPSA) is 70.6 Å². The predicted molar refractivity (Wildman–Crippen MR) is 94.3 cm³/mol. The molecule has 0 aliphatic heterocycles. The first-order chi connectivity index (χ1) is 9.40. The molecule has 0 fully saturated rings. The highest BCUT2D eigenvalue weighted by atomic mass is 127. The largest absolute Gasteiger partial charge is 0.357 e. The van der Waals surface area contributed by atoms with E-state index in [4.69, 9.17) is 0 Å². The number of halogens is 2. The van der Waals surface area contributed by atoms with Crippen LogP contribution in [0.25, 0.3) is 0 Å².